The number of aliphatic carboxylic acids is 1. The molecule has 0 aliphatic carbocycles. The molecule has 3 amide bonds. The van der Waals surface area contributed by atoms with Gasteiger partial charge in [-0.3, -0.25) is 14.4 Å². The molecule has 10 heteroatoms. The van der Waals surface area contributed by atoms with E-state index in [0.29, 0.717) is 25.8 Å². The number of nitrogens with one attached hydrogen (secondary N) is 2. The summed E-state index contributed by atoms with van der Waals surface area (Å²) in [5.74, 6) is -2.80. The van der Waals surface area contributed by atoms with Crippen molar-refractivity contribution >= 4 is 36.3 Å². The third kappa shape index (κ3) is 6.10. The lowest BCUT2D eigenvalue weighted by Crippen LogP contribution is -2.58. The van der Waals surface area contributed by atoms with Crippen molar-refractivity contribution in [3.63, 3.8) is 0 Å². The largest absolute Gasteiger partial charge is 0.480 e. The average molecular weight is 403 g/mol. The number of rotatable bonds is 9. The summed E-state index contributed by atoms with van der Waals surface area (Å²) in [6.45, 7) is 5.67. The van der Waals surface area contributed by atoms with Crippen molar-refractivity contribution in [2.24, 2.45) is 11.7 Å². The first kappa shape index (κ1) is 23.2. The van der Waals surface area contributed by atoms with Gasteiger partial charge in [0.2, 0.25) is 17.7 Å². The molecular weight excluding hydrogens is 372 g/mol. The fourth-order valence-electron chi connectivity index (χ4n) is 2.96. The molecule has 1 aliphatic rings. The zero-order valence-electron chi connectivity index (χ0n) is 16.0. The first-order valence-electron chi connectivity index (χ1n) is 9.14. The van der Waals surface area contributed by atoms with E-state index in [9.17, 15) is 19.2 Å². The van der Waals surface area contributed by atoms with Gasteiger partial charge in [0.05, 0.1) is 6.04 Å². The summed E-state index contributed by atoms with van der Waals surface area (Å²) in [7, 11) is 0. The third-order valence-electron chi connectivity index (χ3n) is 4.82. The molecule has 0 spiro atoms. The van der Waals surface area contributed by atoms with Crippen LogP contribution in [0.3, 0.4) is 0 Å². The highest BCUT2D eigenvalue weighted by Gasteiger charge is 2.38. The van der Waals surface area contributed by atoms with Gasteiger partial charge in [-0.15, -0.1) is 0 Å². The molecule has 0 saturated carbocycles. The van der Waals surface area contributed by atoms with Gasteiger partial charge in [-0.05, 0) is 25.7 Å². The molecular formula is C17H30N4O5S. The van der Waals surface area contributed by atoms with Crippen LogP contribution >= 0.6 is 12.6 Å². The summed E-state index contributed by atoms with van der Waals surface area (Å²) in [5.41, 5.74) is 5.65. The SMILES string of the molecule is CCC(C)C(NC(=O)C1CCCN1C(=O)C(C)N)C(=O)NC(CS)C(=O)O. The molecule has 1 rings (SSSR count). The number of nitrogens with zero attached hydrogens (tertiary/aromatic N) is 1. The van der Waals surface area contributed by atoms with Crippen molar-refractivity contribution in [3.8, 4) is 0 Å². The van der Waals surface area contributed by atoms with Crippen molar-refractivity contribution in [3.05, 3.63) is 0 Å². The maximum atomic E-state index is 12.7. The van der Waals surface area contributed by atoms with E-state index in [1.54, 1.807) is 13.8 Å². The topological polar surface area (TPSA) is 142 Å². The Bertz CT molecular complexity index is 572. The molecule has 27 heavy (non-hydrogen) atoms. The van der Waals surface area contributed by atoms with E-state index in [0.717, 1.165) is 0 Å². The van der Waals surface area contributed by atoms with Crippen molar-refractivity contribution < 1.29 is 24.3 Å². The van der Waals surface area contributed by atoms with E-state index < -0.39 is 42.0 Å². The number of carboxylic acid groups (broad SMARTS) is 1. The first-order chi connectivity index (χ1) is 12.6. The van der Waals surface area contributed by atoms with E-state index in [1.165, 1.54) is 4.90 Å². The minimum atomic E-state index is -1.20. The monoisotopic (exact) mass is 402 g/mol. The zero-order valence-corrected chi connectivity index (χ0v) is 16.9. The van der Waals surface area contributed by atoms with Crippen LogP contribution in [0.4, 0.5) is 0 Å². The molecule has 0 aromatic rings. The molecule has 0 aromatic heterocycles. The van der Waals surface area contributed by atoms with Crippen molar-refractivity contribution in [1.82, 2.24) is 15.5 Å². The maximum absolute atomic E-state index is 12.7. The molecule has 1 aliphatic heterocycles. The fourth-order valence-corrected chi connectivity index (χ4v) is 3.21. The van der Waals surface area contributed by atoms with Crippen LogP contribution in [0.5, 0.6) is 0 Å². The average Bonchev–Trinajstić information content (AvgIpc) is 3.11. The van der Waals surface area contributed by atoms with Gasteiger partial charge >= 0.3 is 5.97 Å². The summed E-state index contributed by atoms with van der Waals surface area (Å²) in [6.07, 6.45) is 1.77. The van der Waals surface area contributed by atoms with Gasteiger partial charge in [-0.1, -0.05) is 20.3 Å². The molecule has 0 radical (unpaired) electrons. The molecule has 5 N–H and O–H groups in total. The number of hydrogen-bond acceptors (Lipinski definition) is 6. The van der Waals surface area contributed by atoms with Gasteiger partial charge in [0, 0.05) is 12.3 Å². The smallest absolute Gasteiger partial charge is 0.327 e. The van der Waals surface area contributed by atoms with Crippen LogP contribution in [0.25, 0.3) is 0 Å². The summed E-state index contributed by atoms with van der Waals surface area (Å²) in [4.78, 5) is 50.1. The van der Waals surface area contributed by atoms with E-state index in [4.69, 9.17) is 10.8 Å². The summed E-state index contributed by atoms with van der Waals surface area (Å²) < 4.78 is 0. The Hall–Kier alpha value is -1.81. The van der Waals surface area contributed by atoms with Crippen LogP contribution in [0, 0.1) is 5.92 Å². The van der Waals surface area contributed by atoms with E-state index in [-0.39, 0.29) is 17.6 Å². The number of thiol groups is 1. The second-order valence-corrected chi connectivity index (χ2v) is 7.30. The number of nitrogens with two attached hydrogens (primary N) is 1. The van der Waals surface area contributed by atoms with Crippen molar-refractivity contribution in [2.45, 2.75) is 64.2 Å². The zero-order chi connectivity index (χ0) is 20.7. The van der Waals surface area contributed by atoms with E-state index in [1.807, 2.05) is 6.92 Å². The van der Waals surface area contributed by atoms with E-state index >= 15 is 0 Å². The highest BCUT2D eigenvalue weighted by molar-refractivity contribution is 7.80. The maximum Gasteiger partial charge on any atom is 0.327 e. The molecule has 5 atom stereocenters. The second kappa shape index (κ2) is 10.5. The number of amides is 3. The number of carbonyl (C=O) groups is 4. The number of carbonyl (C=O) groups excluding carboxylic acids is 3. The van der Waals surface area contributed by atoms with Gasteiger partial charge in [-0.2, -0.15) is 12.6 Å². The molecule has 0 aromatic carbocycles. The summed E-state index contributed by atoms with van der Waals surface area (Å²) in [5, 5.41) is 14.2. The predicted molar refractivity (Wildman–Crippen MR) is 103 cm³/mol. The van der Waals surface area contributed by atoms with Crippen molar-refractivity contribution in [1.29, 1.82) is 0 Å². The van der Waals surface area contributed by atoms with Crippen LogP contribution in [0.2, 0.25) is 0 Å². The Labute approximate surface area is 164 Å². The summed E-state index contributed by atoms with van der Waals surface area (Å²) >= 11 is 3.93. The Morgan fingerprint density at radius 1 is 1.26 bits per heavy atom. The minimum absolute atomic E-state index is 0.0679. The highest BCUT2D eigenvalue weighted by atomic mass is 32.1. The Balaban J connectivity index is 2.89. The number of hydrogen-bond donors (Lipinski definition) is 5. The van der Waals surface area contributed by atoms with Crippen molar-refractivity contribution in [2.75, 3.05) is 12.3 Å². The number of carboxylic acids is 1. The molecule has 1 heterocycles. The second-order valence-electron chi connectivity index (χ2n) is 6.93. The van der Waals surface area contributed by atoms with Crippen LogP contribution in [-0.2, 0) is 19.2 Å². The third-order valence-corrected chi connectivity index (χ3v) is 5.18. The quantitative estimate of drug-likeness (QED) is 0.325. The minimum Gasteiger partial charge on any atom is -0.480 e. The standard InChI is InChI=1S/C17H30N4O5S/c1-4-9(2)13(15(23)19-11(8-27)17(25)26)20-14(22)12-6-5-7-21(12)16(24)10(3)18/h9-13,27H,4-8,18H2,1-3H3,(H,19,23)(H,20,22)(H,25,26). The lowest BCUT2D eigenvalue weighted by atomic mass is 9.97. The molecule has 9 nitrogen and oxygen atoms in total. The van der Waals surface area contributed by atoms with Gasteiger partial charge in [0.25, 0.3) is 0 Å². The van der Waals surface area contributed by atoms with Gasteiger partial charge in [0.1, 0.15) is 18.1 Å². The fraction of sp³-hybridized carbons (Fsp3) is 0.765. The normalized spacial score (nSPS) is 21.1. The molecule has 1 fully saturated rings. The lowest BCUT2D eigenvalue weighted by Gasteiger charge is -2.29. The predicted octanol–water partition coefficient (Wildman–Crippen LogP) is -0.645. The first-order valence-corrected chi connectivity index (χ1v) is 9.77. The van der Waals surface area contributed by atoms with Crippen LogP contribution in [0.15, 0.2) is 0 Å². The lowest BCUT2D eigenvalue weighted by molar-refractivity contribution is -0.143. The Morgan fingerprint density at radius 2 is 1.89 bits per heavy atom. The van der Waals surface area contributed by atoms with Crippen LogP contribution in [0.1, 0.15) is 40.0 Å². The van der Waals surface area contributed by atoms with Crippen LogP contribution in [-0.4, -0.2) is 70.2 Å². The molecule has 154 valence electrons. The van der Waals surface area contributed by atoms with Gasteiger partial charge in [0.15, 0.2) is 0 Å². The Morgan fingerprint density at radius 3 is 2.37 bits per heavy atom. The van der Waals surface area contributed by atoms with Crippen LogP contribution < -0.4 is 16.4 Å². The van der Waals surface area contributed by atoms with Gasteiger partial charge in [-0.25, -0.2) is 4.79 Å². The number of likely N-dealkylation sites (tertiary alicyclic amines) is 1. The molecule has 5 unspecified atom stereocenters. The van der Waals surface area contributed by atoms with Gasteiger partial charge < -0.3 is 26.4 Å². The highest BCUT2D eigenvalue weighted by Crippen LogP contribution is 2.19. The molecule has 1 saturated heterocycles. The molecule has 0 bridgehead atoms. The summed E-state index contributed by atoms with van der Waals surface area (Å²) in [6, 6.07) is -3.44. The Kier molecular flexibility index (Phi) is 9.04. The van der Waals surface area contributed by atoms with E-state index in [2.05, 4.69) is 23.3 Å².